The lowest BCUT2D eigenvalue weighted by Gasteiger charge is -2.34. The highest BCUT2D eigenvalue weighted by molar-refractivity contribution is 6.22. The smallest absolute Gasteiger partial charge is 0.143 e. The molecule has 1 aromatic heterocycles. The molecule has 2 nitrogen and oxygen atoms in total. The van der Waals surface area contributed by atoms with Gasteiger partial charge in [0.1, 0.15) is 11.2 Å². The molecule has 0 fully saturated rings. The summed E-state index contributed by atoms with van der Waals surface area (Å²) in [6.45, 7) is 0. The highest BCUT2D eigenvalue weighted by Gasteiger charge is 2.47. The van der Waals surface area contributed by atoms with Gasteiger partial charge in [0.2, 0.25) is 0 Å². The first-order valence-corrected chi connectivity index (χ1v) is 21.0. The lowest BCUT2D eigenvalue weighted by molar-refractivity contribution is 0.672. The molecule has 1 heterocycles. The van der Waals surface area contributed by atoms with Crippen LogP contribution >= 0.6 is 0 Å². The molecule has 286 valence electrons. The van der Waals surface area contributed by atoms with E-state index in [0.29, 0.717) is 0 Å². The predicted molar refractivity (Wildman–Crippen MR) is 254 cm³/mol. The van der Waals surface area contributed by atoms with E-state index in [0.717, 1.165) is 55.3 Å². The molecule has 0 radical (unpaired) electrons. The van der Waals surface area contributed by atoms with Gasteiger partial charge in [0, 0.05) is 22.1 Å². The number of nitrogens with zero attached hydrogens (tertiary/aromatic N) is 1. The molecule has 0 saturated carbocycles. The van der Waals surface area contributed by atoms with Crippen molar-refractivity contribution < 1.29 is 4.42 Å². The van der Waals surface area contributed by atoms with E-state index >= 15 is 0 Å². The van der Waals surface area contributed by atoms with E-state index in [-0.39, 0.29) is 0 Å². The fourth-order valence-corrected chi connectivity index (χ4v) is 10.2. The van der Waals surface area contributed by atoms with Crippen LogP contribution in [0.25, 0.3) is 66.1 Å². The van der Waals surface area contributed by atoms with Crippen molar-refractivity contribution in [2.75, 3.05) is 4.90 Å². The van der Waals surface area contributed by atoms with Crippen LogP contribution in [0.5, 0.6) is 0 Å². The van der Waals surface area contributed by atoms with Gasteiger partial charge >= 0.3 is 0 Å². The molecule has 0 aliphatic heterocycles. The predicted octanol–water partition coefficient (Wildman–Crippen LogP) is 15.9. The molecule has 2 heteroatoms. The van der Waals surface area contributed by atoms with Gasteiger partial charge in [-0.25, -0.2) is 0 Å². The number of hydrogen-bond acceptors (Lipinski definition) is 2. The van der Waals surface area contributed by atoms with Crippen molar-refractivity contribution in [1.29, 1.82) is 0 Å². The molecule has 11 aromatic rings. The summed E-state index contributed by atoms with van der Waals surface area (Å²) in [5.74, 6) is 0. The molecule has 61 heavy (non-hydrogen) atoms. The van der Waals surface area contributed by atoms with Gasteiger partial charge < -0.3 is 9.32 Å². The van der Waals surface area contributed by atoms with Gasteiger partial charge in [0.15, 0.2) is 0 Å². The minimum absolute atomic E-state index is 0.560. The number of benzene rings is 10. The first-order chi connectivity index (χ1) is 30.3. The van der Waals surface area contributed by atoms with Crippen molar-refractivity contribution in [3.05, 3.63) is 259 Å². The first kappa shape index (κ1) is 35.0. The summed E-state index contributed by atoms with van der Waals surface area (Å²) in [4.78, 5) is 2.34. The van der Waals surface area contributed by atoms with Crippen molar-refractivity contribution in [1.82, 2.24) is 0 Å². The fraction of sp³-hybridized carbons (Fsp3) is 0.0169. The largest absolute Gasteiger partial charge is 0.455 e. The third kappa shape index (κ3) is 5.36. The third-order valence-corrected chi connectivity index (χ3v) is 12.7. The van der Waals surface area contributed by atoms with Gasteiger partial charge in [0.25, 0.3) is 0 Å². The maximum atomic E-state index is 6.91. The molecule has 0 amide bonds. The highest BCUT2D eigenvalue weighted by Crippen LogP contribution is 2.59. The zero-order valence-electron chi connectivity index (χ0n) is 33.4. The normalized spacial score (nSPS) is 12.7. The summed E-state index contributed by atoms with van der Waals surface area (Å²) in [6.07, 6.45) is 0. The Morgan fingerprint density at radius 1 is 0.361 bits per heavy atom. The molecule has 0 spiro atoms. The topological polar surface area (TPSA) is 16.4 Å². The Bertz CT molecular complexity index is 3310. The van der Waals surface area contributed by atoms with Crippen LogP contribution in [0.1, 0.15) is 22.3 Å². The summed E-state index contributed by atoms with van der Waals surface area (Å²) < 4.78 is 6.91. The number of fused-ring (bicyclic) bond motifs is 8. The number of hydrogen-bond donors (Lipinski definition) is 0. The zero-order valence-corrected chi connectivity index (χ0v) is 33.4. The van der Waals surface area contributed by atoms with Crippen LogP contribution in [0.4, 0.5) is 17.1 Å². The van der Waals surface area contributed by atoms with Crippen LogP contribution in [-0.2, 0) is 5.41 Å². The van der Waals surface area contributed by atoms with Crippen LogP contribution in [0.15, 0.2) is 241 Å². The van der Waals surface area contributed by atoms with Gasteiger partial charge in [-0.05, 0) is 110 Å². The molecule has 12 rings (SSSR count). The van der Waals surface area contributed by atoms with Gasteiger partial charge in [-0.3, -0.25) is 0 Å². The van der Waals surface area contributed by atoms with E-state index < -0.39 is 5.41 Å². The van der Waals surface area contributed by atoms with Gasteiger partial charge in [-0.1, -0.05) is 188 Å². The standard InChI is InChI=1S/C59H39NO/c1-6-20-40(21-7-1)46-32-18-33-52-56(46)49-37-36-41(38-53(49)59(52,42-22-8-2-9-23-42)43-24-10-3-11-25-43)50-39-51-57-54(60(44-26-12-4-13-27-44)45-28-14-5-15-29-45)34-19-35-55(57)61-58(51)48-31-17-16-30-47(48)50/h1-39H. The summed E-state index contributed by atoms with van der Waals surface area (Å²) in [7, 11) is 0. The molecule has 0 saturated heterocycles. The Kier molecular flexibility index (Phi) is 8.11. The average Bonchev–Trinajstić information content (AvgIpc) is 3.87. The molecular formula is C59H39NO. The SMILES string of the molecule is c1ccc(-c2cccc3c2-c2ccc(-c4cc5c(oc6cccc(N(c7ccccc7)c7ccccc7)c65)c5ccccc45)cc2C3(c2ccccc2)c2ccccc2)cc1. The third-order valence-electron chi connectivity index (χ3n) is 12.7. The monoisotopic (exact) mass is 777 g/mol. The minimum Gasteiger partial charge on any atom is -0.455 e. The van der Waals surface area contributed by atoms with Crippen LogP contribution in [-0.4, -0.2) is 0 Å². The van der Waals surface area contributed by atoms with E-state index in [4.69, 9.17) is 4.42 Å². The second-order valence-corrected chi connectivity index (χ2v) is 15.9. The Balaban J connectivity index is 1.16. The number of anilines is 3. The number of rotatable bonds is 7. The van der Waals surface area contributed by atoms with Crippen LogP contribution in [0.2, 0.25) is 0 Å². The Morgan fingerprint density at radius 2 is 0.934 bits per heavy atom. The minimum atomic E-state index is -0.560. The van der Waals surface area contributed by atoms with E-state index in [1.165, 1.54) is 50.1 Å². The Labute approximate surface area is 355 Å². The zero-order chi connectivity index (χ0) is 40.3. The first-order valence-electron chi connectivity index (χ1n) is 21.0. The van der Waals surface area contributed by atoms with Crippen LogP contribution in [0, 0.1) is 0 Å². The van der Waals surface area contributed by atoms with E-state index in [2.05, 4.69) is 241 Å². The Hall–Kier alpha value is -7.94. The summed E-state index contributed by atoms with van der Waals surface area (Å²) in [6, 6.07) is 85.9. The van der Waals surface area contributed by atoms with E-state index in [1.807, 2.05) is 0 Å². The van der Waals surface area contributed by atoms with Crippen molar-refractivity contribution in [3.8, 4) is 33.4 Å². The second-order valence-electron chi connectivity index (χ2n) is 15.9. The van der Waals surface area contributed by atoms with E-state index in [1.54, 1.807) is 0 Å². The van der Waals surface area contributed by atoms with Gasteiger partial charge in [-0.2, -0.15) is 0 Å². The summed E-state index contributed by atoms with van der Waals surface area (Å²) in [5, 5.41) is 4.42. The second kappa shape index (κ2) is 14.1. The van der Waals surface area contributed by atoms with Crippen LogP contribution in [0.3, 0.4) is 0 Å². The molecule has 1 aliphatic carbocycles. The van der Waals surface area contributed by atoms with E-state index in [9.17, 15) is 0 Å². The molecule has 10 aromatic carbocycles. The van der Waals surface area contributed by atoms with Crippen molar-refractivity contribution in [3.63, 3.8) is 0 Å². The maximum absolute atomic E-state index is 6.91. The van der Waals surface area contributed by atoms with Crippen molar-refractivity contribution in [2.45, 2.75) is 5.41 Å². The maximum Gasteiger partial charge on any atom is 0.143 e. The van der Waals surface area contributed by atoms with Gasteiger partial charge in [0.05, 0.1) is 16.5 Å². The quantitative estimate of drug-likeness (QED) is 0.160. The lowest BCUT2D eigenvalue weighted by Crippen LogP contribution is -2.28. The summed E-state index contributed by atoms with van der Waals surface area (Å²) in [5.41, 5.74) is 16.8. The van der Waals surface area contributed by atoms with Crippen molar-refractivity contribution in [2.24, 2.45) is 0 Å². The highest BCUT2D eigenvalue weighted by atomic mass is 16.3. The van der Waals surface area contributed by atoms with Gasteiger partial charge in [-0.15, -0.1) is 0 Å². The van der Waals surface area contributed by atoms with Crippen LogP contribution < -0.4 is 4.90 Å². The molecule has 0 bridgehead atoms. The average molecular weight is 778 g/mol. The summed E-state index contributed by atoms with van der Waals surface area (Å²) >= 11 is 0. The fourth-order valence-electron chi connectivity index (χ4n) is 10.2. The molecule has 0 atom stereocenters. The molecule has 0 N–H and O–H groups in total. The number of para-hydroxylation sites is 2. The Morgan fingerprint density at radius 3 is 1.59 bits per heavy atom. The molecule has 1 aliphatic rings. The molecular weight excluding hydrogens is 739 g/mol. The molecule has 0 unspecified atom stereocenters. The number of furan rings is 1. The van der Waals surface area contributed by atoms with Crippen molar-refractivity contribution >= 4 is 49.8 Å². The lowest BCUT2D eigenvalue weighted by atomic mass is 9.67.